The fourth-order valence-electron chi connectivity index (χ4n) is 2.14. The summed E-state index contributed by atoms with van der Waals surface area (Å²) in [6.45, 7) is 5.99. The van der Waals surface area contributed by atoms with E-state index in [2.05, 4.69) is 15.6 Å². The fraction of sp³-hybridized carbons (Fsp3) is 0.278. The summed E-state index contributed by atoms with van der Waals surface area (Å²) < 4.78 is 15.6. The average Bonchev–Trinajstić information content (AvgIpc) is 3.24. The zero-order chi connectivity index (χ0) is 18.0. The van der Waals surface area contributed by atoms with E-state index in [4.69, 9.17) is 13.8 Å². The van der Waals surface area contributed by atoms with Crippen LogP contribution in [0.1, 0.15) is 37.0 Å². The first-order chi connectivity index (χ1) is 11.9. The molecule has 0 radical (unpaired) electrons. The van der Waals surface area contributed by atoms with Gasteiger partial charge in [-0.2, -0.15) is 0 Å². The highest BCUT2D eigenvalue weighted by Crippen LogP contribution is 2.25. The number of methoxy groups -OCH3 is 1. The normalized spacial score (nSPS) is 11.4. The maximum absolute atomic E-state index is 12.3. The summed E-state index contributed by atoms with van der Waals surface area (Å²) in [6.07, 6.45) is 0. The van der Waals surface area contributed by atoms with Gasteiger partial charge in [-0.3, -0.25) is 4.79 Å². The van der Waals surface area contributed by atoms with Crippen LogP contribution in [0.15, 0.2) is 45.4 Å². The third kappa shape index (κ3) is 3.71. The number of hydrogen-bond acceptors (Lipinski definition) is 6. The number of carbonyl (C=O) groups is 1. The van der Waals surface area contributed by atoms with Gasteiger partial charge in [0.05, 0.1) is 7.11 Å². The van der Waals surface area contributed by atoms with Crippen molar-refractivity contribution in [3.63, 3.8) is 0 Å². The highest BCUT2D eigenvalue weighted by atomic mass is 16.5. The molecule has 0 aliphatic rings. The minimum atomic E-state index is -0.419. The van der Waals surface area contributed by atoms with Crippen molar-refractivity contribution in [3.8, 4) is 17.1 Å². The Morgan fingerprint density at radius 1 is 1.08 bits per heavy atom. The Kier molecular flexibility index (Phi) is 4.31. The smallest absolute Gasteiger partial charge is 0.279 e. The lowest BCUT2D eigenvalue weighted by molar-refractivity contribution is 0.101. The molecule has 1 N–H and O–H groups in total. The number of carbonyl (C=O) groups excluding carboxylic acids is 1. The van der Waals surface area contributed by atoms with E-state index < -0.39 is 5.91 Å². The van der Waals surface area contributed by atoms with Gasteiger partial charge in [-0.05, 0) is 24.3 Å². The summed E-state index contributed by atoms with van der Waals surface area (Å²) in [6, 6.07) is 10.5. The van der Waals surface area contributed by atoms with Crippen LogP contribution in [-0.2, 0) is 5.41 Å². The molecule has 1 aromatic carbocycles. The van der Waals surface area contributed by atoms with E-state index in [1.165, 1.54) is 0 Å². The van der Waals surface area contributed by atoms with E-state index in [9.17, 15) is 4.79 Å². The first-order valence-corrected chi connectivity index (χ1v) is 7.76. The first-order valence-electron chi connectivity index (χ1n) is 7.76. The lowest BCUT2D eigenvalue weighted by Gasteiger charge is -2.11. The molecule has 7 nitrogen and oxygen atoms in total. The number of aromatic nitrogens is 2. The molecule has 0 saturated heterocycles. The lowest BCUT2D eigenvalue weighted by Crippen LogP contribution is -2.12. The second kappa shape index (κ2) is 6.43. The predicted octanol–water partition coefficient (Wildman–Crippen LogP) is 3.89. The summed E-state index contributed by atoms with van der Waals surface area (Å²) in [5, 5.41) is 10.3. The molecule has 0 atom stereocenters. The molecule has 2 heterocycles. The number of benzene rings is 1. The maximum Gasteiger partial charge on any atom is 0.279 e. The van der Waals surface area contributed by atoms with Gasteiger partial charge in [0.25, 0.3) is 5.91 Å². The van der Waals surface area contributed by atoms with Crippen molar-refractivity contribution in [2.75, 3.05) is 12.4 Å². The topological polar surface area (TPSA) is 90.4 Å². The first kappa shape index (κ1) is 16.8. The Morgan fingerprint density at radius 3 is 2.40 bits per heavy atom. The Hall–Kier alpha value is -3.09. The fourth-order valence-corrected chi connectivity index (χ4v) is 2.14. The molecule has 130 valence electrons. The monoisotopic (exact) mass is 341 g/mol. The largest absolute Gasteiger partial charge is 0.497 e. The van der Waals surface area contributed by atoms with Crippen molar-refractivity contribution in [1.29, 1.82) is 0 Å². The minimum Gasteiger partial charge on any atom is -0.497 e. The molecule has 25 heavy (non-hydrogen) atoms. The Balaban J connectivity index is 1.73. The van der Waals surface area contributed by atoms with Crippen LogP contribution in [0, 0.1) is 0 Å². The number of rotatable bonds is 4. The second-order valence-electron chi connectivity index (χ2n) is 6.59. The van der Waals surface area contributed by atoms with Crippen LogP contribution in [0.3, 0.4) is 0 Å². The van der Waals surface area contributed by atoms with Gasteiger partial charge in [-0.1, -0.05) is 31.1 Å². The van der Waals surface area contributed by atoms with Crippen LogP contribution in [-0.4, -0.2) is 23.3 Å². The van der Waals surface area contributed by atoms with Gasteiger partial charge in [0.15, 0.2) is 17.3 Å². The van der Waals surface area contributed by atoms with E-state index in [-0.39, 0.29) is 11.1 Å². The Labute approximate surface area is 144 Å². The molecule has 0 spiro atoms. The van der Waals surface area contributed by atoms with E-state index in [0.717, 1.165) is 11.3 Å². The number of hydrogen-bond donors (Lipinski definition) is 1. The number of ether oxygens (including phenoxy) is 1. The van der Waals surface area contributed by atoms with Gasteiger partial charge in [0, 0.05) is 23.1 Å². The van der Waals surface area contributed by atoms with Crippen LogP contribution in [0.5, 0.6) is 5.75 Å². The summed E-state index contributed by atoms with van der Waals surface area (Å²) in [5.41, 5.74) is 0.765. The SMILES string of the molecule is COc1ccc(-c2cc(C(=O)Nc3cc(C(C)(C)C)on3)no2)cc1. The second-order valence-corrected chi connectivity index (χ2v) is 6.59. The molecule has 0 bridgehead atoms. The van der Waals surface area contributed by atoms with Gasteiger partial charge >= 0.3 is 0 Å². The van der Waals surface area contributed by atoms with Crippen molar-refractivity contribution in [3.05, 3.63) is 47.9 Å². The molecule has 3 aromatic rings. The van der Waals surface area contributed by atoms with Crippen LogP contribution in [0.25, 0.3) is 11.3 Å². The number of nitrogens with zero attached hydrogens (tertiary/aromatic N) is 2. The maximum atomic E-state index is 12.3. The molecule has 0 aliphatic heterocycles. The molecule has 0 unspecified atom stereocenters. The van der Waals surface area contributed by atoms with Gasteiger partial charge in [0.2, 0.25) is 0 Å². The average molecular weight is 341 g/mol. The van der Waals surface area contributed by atoms with Crippen molar-refractivity contribution in [2.24, 2.45) is 0 Å². The van der Waals surface area contributed by atoms with Gasteiger partial charge in [0.1, 0.15) is 11.5 Å². The summed E-state index contributed by atoms with van der Waals surface area (Å²) in [5.74, 6) is 1.83. The van der Waals surface area contributed by atoms with E-state index in [1.807, 2.05) is 32.9 Å². The molecule has 2 aromatic heterocycles. The summed E-state index contributed by atoms with van der Waals surface area (Å²) in [7, 11) is 1.60. The quantitative estimate of drug-likeness (QED) is 0.774. The number of anilines is 1. The summed E-state index contributed by atoms with van der Waals surface area (Å²) >= 11 is 0. The predicted molar refractivity (Wildman–Crippen MR) is 91.6 cm³/mol. The van der Waals surface area contributed by atoms with Gasteiger partial charge in [-0.15, -0.1) is 0 Å². The standard InChI is InChI=1S/C18H19N3O4/c1-18(2,3)15-10-16(21-25-15)19-17(22)13-9-14(24-20-13)11-5-7-12(23-4)8-6-11/h5-10H,1-4H3,(H,19,21,22). The molecular weight excluding hydrogens is 322 g/mol. The van der Waals surface area contributed by atoms with E-state index in [1.54, 1.807) is 31.4 Å². The Morgan fingerprint density at radius 2 is 1.80 bits per heavy atom. The third-order valence-electron chi connectivity index (χ3n) is 3.61. The van der Waals surface area contributed by atoms with Gasteiger partial charge in [-0.25, -0.2) is 0 Å². The van der Waals surface area contributed by atoms with Crippen molar-refractivity contribution >= 4 is 11.7 Å². The Bertz CT molecular complexity index is 872. The third-order valence-corrected chi connectivity index (χ3v) is 3.61. The molecule has 3 rings (SSSR count). The highest BCUT2D eigenvalue weighted by molar-refractivity contribution is 6.02. The number of amides is 1. The van der Waals surface area contributed by atoms with Gasteiger partial charge < -0.3 is 19.1 Å². The van der Waals surface area contributed by atoms with E-state index >= 15 is 0 Å². The zero-order valence-corrected chi connectivity index (χ0v) is 14.5. The molecule has 1 amide bonds. The summed E-state index contributed by atoms with van der Waals surface area (Å²) in [4.78, 5) is 12.3. The zero-order valence-electron chi connectivity index (χ0n) is 14.5. The minimum absolute atomic E-state index is 0.158. The van der Waals surface area contributed by atoms with E-state index in [0.29, 0.717) is 17.3 Å². The van der Waals surface area contributed by atoms with Crippen LogP contribution in [0.4, 0.5) is 5.82 Å². The molecule has 0 fully saturated rings. The lowest BCUT2D eigenvalue weighted by atomic mass is 9.93. The molecule has 0 aliphatic carbocycles. The van der Waals surface area contributed by atoms with Crippen molar-refractivity contribution < 1.29 is 18.6 Å². The van der Waals surface area contributed by atoms with Crippen molar-refractivity contribution in [1.82, 2.24) is 10.3 Å². The molecule has 7 heteroatoms. The van der Waals surface area contributed by atoms with Crippen LogP contribution in [0.2, 0.25) is 0 Å². The molecular formula is C18H19N3O4. The van der Waals surface area contributed by atoms with Crippen LogP contribution < -0.4 is 10.1 Å². The van der Waals surface area contributed by atoms with Crippen molar-refractivity contribution in [2.45, 2.75) is 26.2 Å². The highest BCUT2D eigenvalue weighted by Gasteiger charge is 2.21. The molecule has 0 saturated carbocycles. The number of nitrogens with one attached hydrogen (secondary N) is 1. The van der Waals surface area contributed by atoms with Crippen LogP contribution >= 0.6 is 0 Å².